The molecule has 0 aromatic heterocycles. The van der Waals surface area contributed by atoms with Gasteiger partial charge in [-0.1, -0.05) is 13.0 Å². The van der Waals surface area contributed by atoms with Gasteiger partial charge in [0.15, 0.2) is 11.5 Å². The topological polar surface area (TPSA) is 54.0 Å². The monoisotopic (exact) mass is 416 g/mol. The number of aryl methyl sites for hydroxylation is 1. The Morgan fingerprint density at radius 1 is 1.10 bits per heavy atom. The molecule has 1 atom stereocenters. The number of benzene rings is 2. The van der Waals surface area contributed by atoms with E-state index in [9.17, 15) is 4.79 Å². The highest BCUT2D eigenvalue weighted by atomic mass is 32.2. The summed E-state index contributed by atoms with van der Waals surface area (Å²) in [6.45, 7) is 1.98. The van der Waals surface area contributed by atoms with Crippen LogP contribution in [0.3, 0.4) is 0 Å². The summed E-state index contributed by atoms with van der Waals surface area (Å²) in [5.41, 5.74) is 4.07. The summed E-state index contributed by atoms with van der Waals surface area (Å²) in [5.74, 6) is 1.67. The van der Waals surface area contributed by atoms with Gasteiger partial charge in [0, 0.05) is 22.4 Å². The Kier molecular flexibility index (Phi) is 6.96. The summed E-state index contributed by atoms with van der Waals surface area (Å²) < 4.78 is 22.8. The van der Waals surface area contributed by atoms with E-state index in [2.05, 4.69) is 18.2 Å². The van der Waals surface area contributed by atoms with Crippen molar-refractivity contribution in [3.63, 3.8) is 0 Å². The molecule has 6 heteroatoms. The third kappa shape index (κ3) is 4.17. The summed E-state index contributed by atoms with van der Waals surface area (Å²) >= 11 is 1.67. The highest BCUT2D eigenvalue weighted by Crippen LogP contribution is 2.51. The molecule has 0 unspecified atom stereocenters. The summed E-state index contributed by atoms with van der Waals surface area (Å²) in [5, 5.41) is 0. The number of carbonyl (C=O) groups excluding carboxylic acids is 1. The maximum Gasteiger partial charge on any atom is 0.306 e. The molecular weight excluding hydrogens is 388 g/mol. The van der Waals surface area contributed by atoms with Crippen LogP contribution in [-0.2, 0) is 16.0 Å². The van der Waals surface area contributed by atoms with Crippen LogP contribution in [0.25, 0.3) is 11.1 Å². The lowest BCUT2D eigenvalue weighted by Crippen LogP contribution is -2.12. The van der Waals surface area contributed by atoms with Crippen molar-refractivity contribution in [3.05, 3.63) is 35.4 Å². The highest BCUT2D eigenvalue weighted by molar-refractivity contribution is 7.98. The molecular formula is C23H28O5S. The van der Waals surface area contributed by atoms with E-state index in [0.29, 0.717) is 30.1 Å². The molecule has 0 aliphatic heterocycles. The van der Waals surface area contributed by atoms with Gasteiger partial charge in [-0.2, -0.15) is 0 Å². The molecule has 3 rings (SSSR count). The zero-order valence-electron chi connectivity index (χ0n) is 17.7. The Balaban J connectivity index is 2.22. The molecule has 0 spiro atoms. The number of fused-ring (bicyclic) bond motifs is 3. The smallest absolute Gasteiger partial charge is 0.306 e. The fraction of sp³-hybridized carbons (Fsp3) is 0.435. The first kappa shape index (κ1) is 21.4. The second-order valence-electron chi connectivity index (χ2n) is 6.90. The number of esters is 1. The molecule has 0 fully saturated rings. The quantitative estimate of drug-likeness (QED) is 0.443. The van der Waals surface area contributed by atoms with Crippen LogP contribution in [0.5, 0.6) is 17.2 Å². The molecule has 0 bridgehead atoms. The van der Waals surface area contributed by atoms with Crippen LogP contribution in [0.15, 0.2) is 29.2 Å². The third-order valence-electron chi connectivity index (χ3n) is 5.19. The average molecular weight is 417 g/mol. The number of carbonyl (C=O) groups is 1. The number of hydrogen-bond acceptors (Lipinski definition) is 6. The van der Waals surface area contributed by atoms with E-state index in [1.54, 1.807) is 33.1 Å². The molecule has 0 saturated carbocycles. The van der Waals surface area contributed by atoms with Crippen LogP contribution >= 0.6 is 11.8 Å². The van der Waals surface area contributed by atoms with Crippen LogP contribution in [0.2, 0.25) is 0 Å². The van der Waals surface area contributed by atoms with Crippen molar-refractivity contribution < 1.29 is 23.7 Å². The van der Waals surface area contributed by atoms with Gasteiger partial charge < -0.3 is 18.9 Å². The first-order valence-corrected chi connectivity index (χ1v) is 11.0. The van der Waals surface area contributed by atoms with E-state index in [0.717, 1.165) is 40.0 Å². The van der Waals surface area contributed by atoms with E-state index < -0.39 is 0 Å². The van der Waals surface area contributed by atoms with Crippen molar-refractivity contribution in [1.82, 2.24) is 0 Å². The summed E-state index contributed by atoms with van der Waals surface area (Å²) in [6, 6.07) is 8.29. The summed E-state index contributed by atoms with van der Waals surface area (Å²) in [4.78, 5) is 13.4. The Morgan fingerprint density at radius 3 is 2.48 bits per heavy atom. The van der Waals surface area contributed by atoms with Crippen LogP contribution in [0.4, 0.5) is 0 Å². The van der Waals surface area contributed by atoms with Gasteiger partial charge in [-0.3, -0.25) is 4.79 Å². The van der Waals surface area contributed by atoms with E-state index >= 15 is 0 Å². The number of methoxy groups -OCH3 is 3. The highest BCUT2D eigenvalue weighted by Gasteiger charge is 2.30. The van der Waals surface area contributed by atoms with Gasteiger partial charge in [0.1, 0.15) is 6.10 Å². The van der Waals surface area contributed by atoms with Crippen LogP contribution in [0, 0.1) is 0 Å². The molecule has 29 heavy (non-hydrogen) atoms. The Labute approximate surface area is 176 Å². The number of rotatable bonds is 7. The second-order valence-corrected chi connectivity index (χ2v) is 7.78. The maximum absolute atomic E-state index is 12.3. The molecule has 1 aliphatic rings. The molecule has 2 aromatic rings. The molecule has 2 aromatic carbocycles. The minimum absolute atomic E-state index is 0.161. The molecule has 0 saturated heterocycles. The molecule has 156 valence electrons. The minimum Gasteiger partial charge on any atom is -0.493 e. The fourth-order valence-corrected chi connectivity index (χ4v) is 4.30. The van der Waals surface area contributed by atoms with Gasteiger partial charge in [-0.25, -0.2) is 0 Å². The normalized spacial score (nSPS) is 15.0. The number of ether oxygens (including phenoxy) is 4. The number of hydrogen-bond donors (Lipinski definition) is 0. The summed E-state index contributed by atoms with van der Waals surface area (Å²) in [6.07, 6.45) is 4.37. The lowest BCUT2D eigenvalue weighted by Gasteiger charge is -2.21. The Bertz CT molecular complexity index is 893. The third-order valence-corrected chi connectivity index (χ3v) is 5.92. The van der Waals surface area contributed by atoms with Gasteiger partial charge in [-0.05, 0) is 54.8 Å². The molecule has 0 amide bonds. The maximum atomic E-state index is 12.3. The van der Waals surface area contributed by atoms with Gasteiger partial charge in [0.05, 0.1) is 21.3 Å². The lowest BCUT2D eigenvalue weighted by atomic mass is 9.94. The molecule has 0 radical (unpaired) electrons. The van der Waals surface area contributed by atoms with Crippen molar-refractivity contribution in [1.29, 1.82) is 0 Å². The molecule has 0 N–H and O–H groups in total. The van der Waals surface area contributed by atoms with E-state index in [1.165, 1.54) is 0 Å². The van der Waals surface area contributed by atoms with Crippen LogP contribution < -0.4 is 14.2 Å². The Hall–Kier alpha value is -2.34. The van der Waals surface area contributed by atoms with Gasteiger partial charge >= 0.3 is 5.97 Å². The predicted octanol–water partition coefficient (Wildman–Crippen LogP) is 5.43. The lowest BCUT2D eigenvalue weighted by molar-refractivity contribution is -0.149. The van der Waals surface area contributed by atoms with Gasteiger partial charge in [0.2, 0.25) is 5.75 Å². The van der Waals surface area contributed by atoms with Gasteiger partial charge in [0.25, 0.3) is 0 Å². The minimum atomic E-state index is -0.301. The average Bonchev–Trinajstić information content (AvgIpc) is 2.89. The SMILES string of the molecule is CCCC(=O)O[C@@H]1CCc2cc(OC)c(OC)c(OC)c2-c2ccc(SC)cc21. The zero-order chi connectivity index (χ0) is 21.0. The first-order chi connectivity index (χ1) is 14.1. The van der Waals surface area contributed by atoms with Crippen molar-refractivity contribution in [2.75, 3.05) is 27.6 Å². The van der Waals surface area contributed by atoms with Crippen LogP contribution in [-0.4, -0.2) is 33.6 Å². The van der Waals surface area contributed by atoms with E-state index in [1.807, 2.05) is 19.2 Å². The Morgan fingerprint density at radius 2 is 1.86 bits per heavy atom. The van der Waals surface area contributed by atoms with Crippen molar-refractivity contribution >= 4 is 17.7 Å². The summed E-state index contributed by atoms with van der Waals surface area (Å²) in [7, 11) is 4.86. The largest absolute Gasteiger partial charge is 0.493 e. The molecule has 5 nitrogen and oxygen atoms in total. The molecule has 1 aliphatic carbocycles. The predicted molar refractivity (Wildman–Crippen MR) is 115 cm³/mol. The molecule has 0 heterocycles. The van der Waals surface area contributed by atoms with Crippen molar-refractivity contribution in [2.45, 2.75) is 43.6 Å². The second kappa shape index (κ2) is 9.44. The van der Waals surface area contributed by atoms with Gasteiger partial charge in [-0.15, -0.1) is 11.8 Å². The fourth-order valence-electron chi connectivity index (χ4n) is 3.85. The van der Waals surface area contributed by atoms with Crippen LogP contribution in [0.1, 0.15) is 43.4 Å². The van der Waals surface area contributed by atoms with E-state index in [-0.39, 0.29) is 12.1 Å². The zero-order valence-corrected chi connectivity index (χ0v) is 18.5. The number of thioether (sulfide) groups is 1. The van der Waals surface area contributed by atoms with Crippen molar-refractivity contribution in [3.8, 4) is 28.4 Å². The van der Waals surface area contributed by atoms with Crippen molar-refractivity contribution in [2.24, 2.45) is 0 Å². The van der Waals surface area contributed by atoms with E-state index in [4.69, 9.17) is 18.9 Å². The standard InChI is InChI=1S/C23H28O5S/c1-6-7-20(24)28-18-11-8-14-12-19(25-2)22(26-3)23(27-4)21(14)16-10-9-15(29-5)13-17(16)18/h9-10,12-13,18H,6-8,11H2,1-5H3/t18-/m1/s1. The first-order valence-electron chi connectivity index (χ1n) is 9.77.